The summed E-state index contributed by atoms with van der Waals surface area (Å²) in [6, 6.07) is 0. The molecule has 9 aliphatic heterocycles. The highest BCUT2D eigenvalue weighted by Crippen LogP contribution is 2.60. The largest absolute Gasteiger partial charge is 0.469 e. The number of carbonyl (C=O) groups excluding carboxylic acids is 12. The molecular weight excluding hydrogens is 1410 g/mol. The second-order valence-corrected chi connectivity index (χ2v) is 33.5. The van der Waals surface area contributed by atoms with Gasteiger partial charge in [-0.25, -0.2) is 0 Å². The Kier molecular flexibility index (Phi) is 36.2. The van der Waals surface area contributed by atoms with Crippen LogP contribution in [0, 0.1) is 98.1 Å². The highest BCUT2D eigenvalue weighted by molar-refractivity contribution is 5.87. The van der Waals surface area contributed by atoms with Crippen LogP contribution in [0.25, 0.3) is 0 Å². The van der Waals surface area contributed by atoms with Crippen LogP contribution >= 0.6 is 0 Å². The van der Waals surface area contributed by atoms with Crippen molar-refractivity contribution in [2.75, 3.05) is 13.7 Å². The van der Waals surface area contributed by atoms with Crippen molar-refractivity contribution in [1.82, 2.24) is 0 Å². The van der Waals surface area contributed by atoms with Gasteiger partial charge in [-0.05, 0) is 160 Å². The van der Waals surface area contributed by atoms with Gasteiger partial charge in [-0.15, -0.1) is 0 Å². The van der Waals surface area contributed by atoms with E-state index in [9.17, 15) is 57.5 Å². The zero-order chi connectivity index (χ0) is 72.7. The summed E-state index contributed by atoms with van der Waals surface area (Å²) < 4.78 is 70.5. The fraction of sp³-hybridized carbons (Fsp3) is 0.857. The van der Waals surface area contributed by atoms with Crippen molar-refractivity contribution in [3.8, 4) is 0 Å². The molecule has 16 rings (SSSR count). The molecule has 16 aliphatic rings. The number of ether oxygens (including phenoxy) is 13. The Morgan fingerprint density at radius 1 is 0.422 bits per heavy atom. The molecule has 0 N–H and O–H groups in total. The standard InChI is InChI=1S/C17H24O6.C16H22O6.C14H20O4.C14H22O4.C13H18O5.10CH4/c1-4-17(2,3)16(20)21-6-5-12(18)22-13-9-7-10-11(8-9)15(19)23-14(10)13;1-5-16(2,3)15(19)22-12-7-6-8-10(9(7)13(17)20-4)14(18)21-11(8)12;1-4-14(2,3)13(16)18-11-8-5-7-6-9(8)12(15)17-10(7)11;1-5-13(2,3)12(16)17-10-8-9-6-7-14(10,4)18-11(9)15;1-4-13(2,3)12(15)18-9-7-5-6-8(16-7)10(9)17-11(6)14;;;;;;;;;;/h9-11,13-14H,4-8H2,1-3H3;7-12H,5-6H2,1-4H3;7-11H,4-6H2,1-3H3;9-10H,5-8H2,1-4H3;6-10H,4-5H2,1-3H3;10*1H4. The molecule has 12 bridgehead atoms. The SMILES string of the molecule is C.C.C.C.C.C.C.C.C.C.CCC(C)(C)C(=O)OC1C2CC3C(=O)OC1C3O2.CCC(C)(C)C(=O)OC1C2CC3C1OC(=O)C3C2C(=O)OC.CCC(C)(C)C(=O)OC1C2CC3CC2C(=O)OC31.CCC(C)(C)C(=O)OC1CC2CCC1(C)OC2=O.CCC(C)(C)C(=O)OCCC(=O)OC1C2CC3C(=O)OC1C3C2. The molecule has 0 radical (unpaired) electrons. The maximum absolute atomic E-state index is 12.4. The Hall–Kier alpha value is -6.40. The molecule has 9 saturated heterocycles. The number of methoxy groups -OCH3 is 1. The number of hydrogen-bond acceptors (Lipinski definition) is 25. The molecule has 7 aliphatic carbocycles. The topological polar surface area (TPSA) is 325 Å². The summed E-state index contributed by atoms with van der Waals surface area (Å²) in [7, 11) is 1.31. The summed E-state index contributed by atoms with van der Waals surface area (Å²) >= 11 is 0. The highest BCUT2D eigenvalue weighted by atomic mass is 16.7. The summed E-state index contributed by atoms with van der Waals surface area (Å²) in [5.74, 6) is -3.34. The third-order valence-corrected chi connectivity index (χ3v) is 25.4. The van der Waals surface area contributed by atoms with Crippen LogP contribution in [-0.2, 0) is 119 Å². The van der Waals surface area contributed by atoms with Gasteiger partial charge in [0.15, 0.2) is 12.2 Å². The van der Waals surface area contributed by atoms with E-state index in [0.717, 1.165) is 51.4 Å². The summed E-state index contributed by atoms with van der Waals surface area (Å²) in [5, 5.41) is 0. The van der Waals surface area contributed by atoms with Gasteiger partial charge >= 0.3 is 71.6 Å². The Bertz CT molecular complexity index is 3100. The first-order valence-electron chi connectivity index (χ1n) is 36.3. The van der Waals surface area contributed by atoms with Gasteiger partial charge in [0.2, 0.25) is 0 Å². The molecule has 0 aromatic carbocycles. The number of fused-ring (bicyclic) bond motifs is 7. The average Bonchev–Trinajstić information content (AvgIpc) is 1.56. The van der Waals surface area contributed by atoms with E-state index in [1.165, 1.54) is 7.11 Å². The Labute approximate surface area is 653 Å². The molecule has 24 atom stereocenters. The van der Waals surface area contributed by atoms with Crippen LogP contribution in [-0.4, -0.2) is 158 Å². The molecule has 0 spiro atoms. The molecule has 0 aromatic rings. The van der Waals surface area contributed by atoms with E-state index in [1.54, 1.807) is 0 Å². The molecule has 0 aromatic heterocycles. The van der Waals surface area contributed by atoms with Gasteiger partial charge in [-0.2, -0.15) is 0 Å². The van der Waals surface area contributed by atoms with Gasteiger partial charge in [0, 0.05) is 41.9 Å². The summed E-state index contributed by atoms with van der Waals surface area (Å²) in [5.41, 5.74) is -3.19. The number of carbonyl (C=O) groups is 12. The van der Waals surface area contributed by atoms with Crippen molar-refractivity contribution in [2.45, 2.75) is 354 Å². The molecule has 7 saturated carbocycles. The zero-order valence-corrected chi connectivity index (χ0v) is 60.8. The lowest BCUT2D eigenvalue weighted by atomic mass is 9.74. The quantitative estimate of drug-likeness (QED) is 0.0856. The summed E-state index contributed by atoms with van der Waals surface area (Å²) in [6.45, 7) is 30.2. The molecular formula is C84H146O25. The van der Waals surface area contributed by atoms with E-state index in [2.05, 4.69) is 0 Å². The average molecular weight is 1560 g/mol. The molecule has 109 heavy (non-hydrogen) atoms. The van der Waals surface area contributed by atoms with E-state index >= 15 is 0 Å². The predicted octanol–water partition coefficient (Wildman–Crippen LogP) is 14.9. The molecule has 24 unspecified atom stereocenters. The Balaban J connectivity index is 0.00000131. The third-order valence-electron chi connectivity index (χ3n) is 25.4. The van der Waals surface area contributed by atoms with Crippen LogP contribution < -0.4 is 0 Å². The van der Waals surface area contributed by atoms with Gasteiger partial charge in [0.25, 0.3) is 0 Å². The van der Waals surface area contributed by atoms with Gasteiger partial charge < -0.3 is 61.6 Å². The zero-order valence-electron chi connectivity index (χ0n) is 60.8. The lowest BCUT2D eigenvalue weighted by Crippen LogP contribution is -2.57. The molecule has 9 heterocycles. The fourth-order valence-electron chi connectivity index (χ4n) is 16.7. The molecule has 0 amide bonds. The fourth-order valence-corrected chi connectivity index (χ4v) is 16.7. The van der Waals surface area contributed by atoms with E-state index in [1.807, 2.05) is 111 Å². The monoisotopic (exact) mass is 1560 g/mol. The summed E-state index contributed by atoms with van der Waals surface area (Å²) in [4.78, 5) is 143. The van der Waals surface area contributed by atoms with E-state index < -0.39 is 80.9 Å². The second-order valence-electron chi connectivity index (χ2n) is 33.5. The van der Waals surface area contributed by atoms with Crippen molar-refractivity contribution in [3.63, 3.8) is 0 Å². The third kappa shape index (κ3) is 19.5. The van der Waals surface area contributed by atoms with Crippen LogP contribution in [0.4, 0.5) is 0 Å². The maximum atomic E-state index is 12.4. The van der Waals surface area contributed by atoms with Crippen LogP contribution in [0.3, 0.4) is 0 Å². The van der Waals surface area contributed by atoms with E-state index in [4.69, 9.17) is 61.6 Å². The van der Waals surface area contributed by atoms with Crippen molar-refractivity contribution in [3.05, 3.63) is 0 Å². The van der Waals surface area contributed by atoms with E-state index in [-0.39, 0.29) is 243 Å². The number of rotatable bonds is 19. The van der Waals surface area contributed by atoms with Gasteiger partial charge in [0.1, 0.15) is 61.0 Å². The van der Waals surface area contributed by atoms with Crippen LogP contribution in [0.5, 0.6) is 0 Å². The minimum atomic E-state index is -0.620. The highest BCUT2D eigenvalue weighted by Gasteiger charge is 2.71. The van der Waals surface area contributed by atoms with Crippen molar-refractivity contribution >= 4 is 71.6 Å². The Morgan fingerprint density at radius 2 is 0.853 bits per heavy atom. The predicted molar refractivity (Wildman–Crippen MR) is 411 cm³/mol. The van der Waals surface area contributed by atoms with Crippen molar-refractivity contribution < 1.29 is 119 Å². The lowest BCUT2D eigenvalue weighted by Gasteiger charge is -2.48. The van der Waals surface area contributed by atoms with E-state index in [0.29, 0.717) is 44.4 Å². The smallest absolute Gasteiger partial charge is 0.312 e. The van der Waals surface area contributed by atoms with Crippen LogP contribution in [0.1, 0.15) is 281 Å². The number of hydrogen-bond donors (Lipinski definition) is 0. The molecule has 16 fully saturated rings. The first-order valence-corrected chi connectivity index (χ1v) is 36.3. The molecule has 632 valence electrons. The first kappa shape index (κ1) is 103. The Morgan fingerprint density at radius 3 is 1.35 bits per heavy atom. The minimum Gasteiger partial charge on any atom is -0.469 e. The van der Waals surface area contributed by atoms with Crippen molar-refractivity contribution in [1.29, 1.82) is 0 Å². The summed E-state index contributed by atoms with van der Waals surface area (Å²) in [6.07, 6.45) is 7.30. The minimum absolute atomic E-state index is 0. The number of esters is 12. The van der Waals surface area contributed by atoms with Gasteiger partial charge in [0.05, 0.1) is 82.2 Å². The van der Waals surface area contributed by atoms with Crippen LogP contribution in [0.2, 0.25) is 0 Å². The maximum Gasteiger partial charge on any atom is 0.312 e. The lowest BCUT2D eigenvalue weighted by molar-refractivity contribution is -0.221. The first-order chi connectivity index (χ1) is 46.3. The van der Waals surface area contributed by atoms with Gasteiger partial charge in [-0.3, -0.25) is 57.5 Å². The van der Waals surface area contributed by atoms with Crippen LogP contribution in [0.15, 0.2) is 0 Å². The molecule has 25 heteroatoms. The normalized spacial score (nSPS) is 34.5. The molecule has 25 nitrogen and oxygen atoms in total. The second kappa shape index (κ2) is 38.4. The van der Waals surface area contributed by atoms with Gasteiger partial charge in [-0.1, -0.05) is 109 Å². The van der Waals surface area contributed by atoms with Crippen molar-refractivity contribution in [2.24, 2.45) is 98.1 Å².